The molecule has 0 bridgehead atoms. The normalized spacial score (nSPS) is 30.0. The van der Waals surface area contributed by atoms with Crippen LogP contribution in [0.15, 0.2) is 54.6 Å². The first kappa shape index (κ1) is 14.7. The molecule has 2 aliphatic heterocycles. The number of benzene rings is 2. The predicted molar refractivity (Wildman–Crippen MR) is 84.9 cm³/mol. The van der Waals surface area contributed by atoms with Gasteiger partial charge in [0.15, 0.2) is 0 Å². The third-order valence-corrected chi connectivity index (χ3v) is 4.78. The van der Waals surface area contributed by atoms with Crippen molar-refractivity contribution >= 4 is 0 Å². The van der Waals surface area contributed by atoms with E-state index in [4.69, 9.17) is 19.2 Å². The molecule has 120 valence electrons. The molecule has 2 saturated heterocycles. The molecule has 0 spiro atoms. The number of para-hydroxylation sites is 1. The Hall–Kier alpha value is -1.88. The van der Waals surface area contributed by atoms with E-state index in [1.807, 2.05) is 42.5 Å². The summed E-state index contributed by atoms with van der Waals surface area (Å²) in [5, 5.41) is 0. The molecular weight excluding hydrogens is 292 g/mol. The monoisotopic (exact) mass is 312 g/mol. The van der Waals surface area contributed by atoms with Gasteiger partial charge in [0.2, 0.25) is 0 Å². The summed E-state index contributed by atoms with van der Waals surface area (Å²) >= 11 is 0. The maximum atomic E-state index is 5.83. The average molecular weight is 312 g/mol. The fourth-order valence-corrected chi connectivity index (χ4v) is 3.60. The summed E-state index contributed by atoms with van der Waals surface area (Å²) in [5.41, 5.74) is 2.15. The zero-order chi connectivity index (χ0) is 15.6. The molecule has 4 rings (SSSR count). The first-order valence-corrected chi connectivity index (χ1v) is 7.96. The minimum absolute atomic E-state index is 0.0883. The summed E-state index contributed by atoms with van der Waals surface area (Å²) in [6.45, 7) is 1.37. The van der Waals surface area contributed by atoms with Crippen molar-refractivity contribution in [1.82, 2.24) is 0 Å². The molecule has 0 N–H and O–H groups in total. The molecule has 4 nitrogen and oxygen atoms in total. The smallest absolute Gasteiger partial charge is 0.127 e. The molecule has 4 atom stereocenters. The van der Waals surface area contributed by atoms with Crippen LogP contribution in [0.4, 0.5) is 0 Å². The van der Waals surface area contributed by atoms with Gasteiger partial charge < -0.3 is 9.47 Å². The van der Waals surface area contributed by atoms with Crippen molar-refractivity contribution < 1.29 is 19.2 Å². The van der Waals surface area contributed by atoms with Crippen LogP contribution < -0.4 is 4.74 Å². The SMILES string of the molecule is COc1ccccc1[C@H]1OO[C@@H](c2ccccc2)[C@H]2COC[C@@H]21. The second kappa shape index (κ2) is 6.32. The van der Waals surface area contributed by atoms with Gasteiger partial charge in [0, 0.05) is 17.4 Å². The standard InChI is InChI=1S/C19H20O4/c1-20-17-10-6-5-9-14(17)19-16-12-21-11-15(16)18(22-23-19)13-7-3-2-4-8-13/h2-10,15-16,18-19H,11-12H2,1H3/t15-,16-,18-,19+/m0/s1. The number of hydrogen-bond acceptors (Lipinski definition) is 4. The van der Waals surface area contributed by atoms with Crippen LogP contribution in [0.25, 0.3) is 0 Å². The molecule has 2 aromatic rings. The minimum Gasteiger partial charge on any atom is -0.496 e. The Bertz CT molecular complexity index is 657. The lowest BCUT2D eigenvalue weighted by Gasteiger charge is -2.37. The van der Waals surface area contributed by atoms with E-state index in [0.29, 0.717) is 13.2 Å². The molecule has 0 saturated carbocycles. The Balaban J connectivity index is 1.64. The maximum absolute atomic E-state index is 5.83. The van der Waals surface area contributed by atoms with Gasteiger partial charge in [-0.2, -0.15) is 0 Å². The van der Waals surface area contributed by atoms with Crippen LogP contribution in [0.3, 0.4) is 0 Å². The second-order valence-corrected chi connectivity index (χ2v) is 6.05. The number of hydrogen-bond donors (Lipinski definition) is 0. The van der Waals surface area contributed by atoms with Crippen LogP contribution in [0.1, 0.15) is 23.3 Å². The topological polar surface area (TPSA) is 36.9 Å². The lowest BCUT2D eigenvalue weighted by molar-refractivity contribution is -0.403. The molecule has 23 heavy (non-hydrogen) atoms. The summed E-state index contributed by atoms with van der Waals surface area (Å²) in [6.07, 6.45) is -0.256. The summed E-state index contributed by atoms with van der Waals surface area (Å²) in [6, 6.07) is 18.1. The number of methoxy groups -OCH3 is 1. The summed E-state index contributed by atoms with van der Waals surface area (Å²) in [5.74, 6) is 1.36. The van der Waals surface area contributed by atoms with Crippen LogP contribution >= 0.6 is 0 Å². The van der Waals surface area contributed by atoms with Crippen molar-refractivity contribution in [3.63, 3.8) is 0 Å². The molecule has 2 aromatic carbocycles. The molecule has 2 fully saturated rings. The Morgan fingerprint density at radius 2 is 1.48 bits per heavy atom. The van der Waals surface area contributed by atoms with Crippen LogP contribution in [0.5, 0.6) is 5.75 Å². The van der Waals surface area contributed by atoms with E-state index >= 15 is 0 Å². The molecule has 0 amide bonds. The van der Waals surface area contributed by atoms with Crippen molar-refractivity contribution in [2.45, 2.75) is 12.2 Å². The van der Waals surface area contributed by atoms with E-state index in [1.54, 1.807) is 7.11 Å². The van der Waals surface area contributed by atoms with Crippen molar-refractivity contribution in [2.75, 3.05) is 20.3 Å². The van der Waals surface area contributed by atoms with E-state index in [-0.39, 0.29) is 24.0 Å². The first-order chi connectivity index (χ1) is 11.4. The van der Waals surface area contributed by atoms with Gasteiger partial charge in [0.25, 0.3) is 0 Å². The predicted octanol–water partition coefficient (Wildman–Crippen LogP) is 3.70. The Kier molecular flexibility index (Phi) is 4.04. The highest BCUT2D eigenvalue weighted by Gasteiger charge is 2.47. The zero-order valence-corrected chi connectivity index (χ0v) is 13.1. The fourth-order valence-electron chi connectivity index (χ4n) is 3.60. The molecule has 0 aliphatic carbocycles. The largest absolute Gasteiger partial charge is 0.496 e. The Labute approximate surface area is 135 Å². The molecule has 2 aliphatic rings. The van der Waals surface area contributed by atoms with E-state index in [1.165, 1.54) is 0 Å². The lowest BCUT2D eigenvalue weighted by atomic mass is 9.80. The van der Waals surface area contributed by atoms with Crippen molar-refractivity contribution in [3.8, 4) is 5.75 Å². The summed E-state index contributed by atoms with van der Waals surface area (Å²) in [7, 11) is 1.68. The van der Waals surface area contributed by atoms with Crippen molar-refractivity contribution in [1.29, 1.82) is 0 Å². The minimum atomic E-state index is -0.168. The summed E-state index contributed by atoms with van der Waals surface area (Å²) in [4.78, 5) is 11.6. The van der Waals surface area contributed by atoms with Crippen LogP contribution in [0.2, 0.25) is 0 Å². The van der Waals surface area contributed by atoms with Gasteiger partial charge in [-0.25, -0.2) is 9.78 Å². The zero-order valence-electron chi connectivity index (χ0n) is 13.1. The van der Waals surface area contributed by atoms with Gasteiger partial charge in [0.05, 0.1) is 20.3 Å². The lowest BCUT2D eigenvalue weighted by Crippen LogP contribution is -2.34. The van der Waals surface area contributed by atoms with Crippen molar-refractivity contribution in [2.24, 2.45) is 11.8 Å². The van der Waals surface area contributed by atoms with E-state index in [2.05, 4.69) is 12.1 Å². The third kappa shape index (κ3) is 2.63. The van der Waals surface area contributed by atoms with Gasteiger partial charge in [-0.05, 0) is 11.6 Å². The number of fused-ring (bicyclic) bond motifs is 1. The highest BCUT2D eigenvalue weighted by molar-refractivity contribution is 5.36. The van der Waals surface area contributed by atoms with Crippen LogP contribution in [-0.4, -0.2) is 20.3 Å². The first-order valence-electron chi connectivity index (χ1n) is 7.96. The molecule has 0 aromatic heterocycles. The quantitative estimate of drug-likeness (QED) is 0.810. The number of ether oxygens (including phenoxy) is 2. The van der Waals surface area contributed by atoms with Gasteiger partial charge in [-0.15, -0.1) is 0 Å². The third-order valence-electron chi connectivity index (χ3n) is 4.78. The second-order valence-electron chi connectivity index (χ2n) is 6.05. The van der Waals surface area contributed by atoms with Crippen LogP contribution in [-0.2, 0) is 14.5 Å². The van der Waals surface area contributed by atoms with Gasteiger partial charge in [0.1, 0.15) is 18.0 Å². The van der Waals surface area contributed by atoms with E-state index in [9.17, 15) is 0 Å². The van der Waals surface area contributed by atoms with Crippen LogP contribution in [0, 0.1) is 11.8 Å². The Morgan fingerprint density at radius 1 is 0.826 bits per heavy atom. The molecular formula is C19H20O4. The van der Waals surface area contributed by atoms with Gasteiger partial charge >= 0.3 is 0 Å². The highest BCUT2D eigenvalue weighted by Crippen LogP contribution is 2.49. The molecule has 4 heteroatoms. The van der Waals surface area contributed by atoms with E-state index in [0.717, 1.165) is 16.9 Å². The number of rotatable bonds is 3. The van der Waals surface area contributed by atoms with Gasteiger partial charge in [-0.1, -0.05) is 48.5 Å². The molecule has 2 heterocycles. The fraction of sp³-hybridized carbons (Fsp3) is 0.368. The Morgan fingerprint density at radius 3 is 2.26 bits per heavy atom. The highest BCUT2D eigenvalue weighted by atomic mass is 17.2. The molecule has 0 unspecified atom stereocenters. The average Bonchev–Trinajstić information content (AvgIpc) is 3.11. The van der Waals surface area contributed by atoms with Gasteiger partial charge in [-0.3, -0.25) is 0 Å². The van der Waals surface area contributed by atoms with E-state index < -0.39 is 0 Å². The molecule has 0 radical (unpaired) electrons. The maximum Gasteiger partial charge on any atom is 0.127 e. The summed E-state index contributed by atoms with van der Waals surface area (Å²) < 4.78 is 11.2. The van der Waals surface area contributed by atoms with Crippen molar-refractivity contribution in [3.05, 3.63) is 65.7 Å².